The second kappa shape index (κ2) is 4.78. The van der Waals surface area contributed by atoms with E-state index in [1.54, 1.807) is 0 Å². The van der Waals surface area contributed by atoms with Crippen molar-refractivity contribution in [3.05, 3.63) is 34.1 Å². The Morgan fingerprint density at radius 2 is 1.70 bits per heavy atom. The smallest absolute Gasteiger partial charge is 0.124 e. The molecule has 1 aromatic rings. The molecule has 0 spiro atoms. The van der Waals surface area contributed by atoms with Gasteiger partial charge in [0.05, 0.1) is 10.0 Å². The molecule has 1 rings (SSSR count). The van der Waals surface area contributed by atoms with E-state index in [9.17, 15) is 4.39 Å². The molecule has 0 aromatic heterocycles. The van der Waals surface area contributed by atoms with Crippen molar-refractivity contribution in [1.29, 1.82) is 0 Å². The summed E-state index contributed by atoms with van der Waals surface area (Å²) in [5.74, 6) is -0.371. The number of rotatable bonds is 0. The molecule has 0 saturated heterocycles. The predicted molar refractivity (Wildman–Crippen MR) is 36.4 cm³/mol. The van der Waals surface area contributed by atoms with Crippen LogP contribution in [0.25, 0.3) is 0 Å². The van der Waals surface area contributed by atoms with E-state index in [-0.39, 0.29) is 48.6 Å². The van der Waals surface area contributed by atoms with Gasteiger partial charge < -0.3 is 0 Å². The fourth-order valence-corrected chi connectivity index (χ4v) is 0.755. The van der Waals surface area contributed by atoms with Crippen LogP contribution in [0, 0.1) is 43.6 Å². The molecule has 0 nitrogen and oxygen atoms in total. The van der Waals surface area contributed by atoms with Crippen molar-refractivity contribution in [1.82, 2.24) is 0 Å². The average molecular weight is 205 g/mol. The van der Waals surface area contributed by atoms with Crippen LogP contribution in [0.5, 0.6) is 0 Å². The first kappa shape index (κ1) is 11.0. The van der Waals surface area contributed by atoms with Crippen LogP contribution in [-0.2, 0) is 0 Å². The maximum Gasteiger partial charge on any atom is 0.124 e. The number of hydrogen-bond donors (Lipinski definition) is 0. The summed E-state index contributed by atoms with van der Waals surface area (Å²) >= 11 is 10.9. The molecule has 0 radical (unpaired) electrons. The van der Waals surface area contributed by atoms with Gasteiger partial charge in [0.15, 0.2) is 0 Å². The second-order valence-electron chi connectivity index (χ2n) is 1.56. The molecule has 0 heterocycles. The van der Waals surface area contributed by atoms with Crippen molar-refractivity contribution >= 4 is 23.2 Å². The minimum atomic E-state index is -0.371. The summed E-state index contributed by atoms with van der Waals surface area (Å²) < 4.78 is 12.2. The molecule has 1 aromatic carbocycles. The Labute approximate surface area is 98.3 Å². The number of halogens is 3. The summed E-state index contributed by atoms with van der Waals surface area (Å²) in [6.07, 6.45) is 0. The van der Waals surface area contributed by atoms with Gasteiger partial charge in [-0.25, -0.2) is 4.39 Å². The zero-order valence-corrected chi connectivity index (χ0v) is 6.94. The summed E-state index contributed by atoms with van der Waals surface area (Å²) in [6.45, 7) is 0. The Kier molecular flexibility index (Phi) is 5.26. The Morgan fingerprint density at radius 1 is 1.10 bits per heavy atom. The van der Waals surface area contributed by atoms with Crippen LogP contribution >= 0.6 is 23.2 Å². The summed E-state index contributed by atoms with van der Waals surface area (Å²) in [5, 5.41) is 0.620. The van der Waals surface area contributed by atoms with Gasteiger partial charge in [-0.05, 0) is 18.2 Å². The SMILES string of the molecule is Fc1ccc(Cl)c(Cl)c1.[Ar]. The summed E-state index contributed by atoms with van der Waals surface area (Å²) in [7, 11) is 0. The minimum absolute atomic E-state index is 0. The molecule has 0 aliphatic heterocycles. The van der Waals surface area contributed by atoms with E-state index < -0.39 is 0 Å². The molecule has 0 unspecified atom stereocenters. The fourth-order valence-electron chi connectivity index (χ4n) is 0.470. The van der Waals surface area contributed by atoms with Gasteiger partial charge in [-0.15, -0.1) is 0 Å². The molecule has 0 bridgehead atoms. The third-order valence-corrected chi connectivity index (χ3v) is 1.62. The topological polar surface area (TPSA) is 0 Å². The Morgan fingerprint density at radius 3 is 2.10 bits per heavy atom. The van der Waals surface area contributed by atoms with Gasteiger partial charge >= 0.3 is 0 Å². The van der Waals surface area contributed by atoms with E-state index in [2.05, 4.69) is 0 Å². The first-order chi connectivity index (χ1) is 4.20. The molecule has 0 amide bonds. The molecule has 0 saturated carbocycles. The van der Waals surface area contributed by atoms with E-state index in [0.29, 0.717) is 5.02 Å². The van der Waals surface area contributed by atoms with Crippen LogP contribution in [0.15, 0.2) is 18.2 Å². The van der Waals surface area contributed by atoms with E-state index in [1.165, 1.54) is 18.2 Å². The first-order valence-electron chi connectivity index (χ1n) is 2.30. The van der Waals surface area contributed by atoms with E-state index in [1.807, 2.05) is 0 Å². The van der Waals surface area contributed by atoms with Gasteiger partial charge in [0, 0.05) is 37.7 Å². The molecule has 56 valence electrons. The fraction of sp³-hybridized carbons (Fsp3) is 0. The Bertz CT molecular complexity index is 227. The van der Waals surface area contributed by atoms with Crippen LogP contribution < -0.4 is 0 Å². The second-order valence-corrected chi connectivity index (χ2v) is 2.37. The first-order valence-corrected chi connectivity index (χ1v) is 3.06. The normalized spacial score (nSPS) is 8.70. The maximum absolute atomic E-state index is 12.2. The summed E-state index contributed by atoms with van der Waals surface area (Å²) in [4.78, 5) is 0. The van der Waals surface area contributed by atoms with Crippen molar-refractivity contribution in [3.63, 3.8) is 0 Å². The molecule has 0 aliphatic carbocycles. The molecule has 0 atom stereocenters. The molecule has 4 heteroatoms. The van der Waals surface area contributed by atoms with Crippen LogP contribution in [0.3, 0.4) is 0 Å². The minimum Gasteiger partial charge on any atom is -0.207 e. The standard InChI is InChI=1S/C6H3Cl2F.Ar/c7-5-2-1-4(9)3-6(5)8;/h1-3H;. The van der Waals surface area contributed by atoms with Crippen molar-refractivity contribution in [2.24, 2.45) is 0 Å². The van der Waals surface area contributed by atoms with Crippen molar-refractivity contribution < 1.29 is 42.1 Å². The Balaban J connectivity index is 0.000000810. The monoisotopic (exact) mass is 204 g/mol. The Hall–Kier alpha value is 0.990. The zero-order valence-electron chi connectivity index (χ0n) is 4.72. The van der Waals surface area contributed by atoms with Crippen molar-refractivity contribution in [3.8, 4) is 0 Å². The van der Waals surface area contributed by atoms with Crippen molar-refractivity contribution in [2.45, 2.75) is 0 Å². The largest absolute Gasteiger partial charge is 0.207 e. The molecule has 0 N–H and O–H groups in total. The molecular formula is C6H3ArCl2F. The van der Waals surface area contributed by atoms with Gasteiger partial charge in [-0.3, -0.25) is 0 Å². The van der Waals surface area contributed by atoms with Gasteiger partial charge in [0.2, 0.25) is 0 Å². The number of hydrogen-bond acceptors (Lipinski definition) is 0. The number of benzene rings is 1. The predicted octanol–water partition coefficient (Wildman–Crippen LogP) is 3.13. The van der Waals surface area contributed by atoms with Gasteiger partial charge in [0.1, 0.15) is 5.82 Å². The van der Waals surface area contributed by atoms with Crippen LogP contribution in [0.2, 0.25) is 10.0 Å². The maximum atomic E-state index is 12.2. The summed E-state index contributed by atoms with van der Waals surface area (Å²) in [6, 6.07) is 3.84. The van der Waals surface area contributed by atoms with Gasteiger partial charge in [-0.1, -0.05) is 23.2 Å². The molecule has 0 aliphatic rings. The van der Waals surface area contributed by atoms with Crippen LogP contribution in [0.1, 0.15) is 0 Å². The quantitative estimate of drug-likeness (QED) is 0.570. The van der Waals surface area contributed by atoms with Gasteiger partial charge in [0.25, 0.3) is 0 Å². The third kappa shape index (κ3) is 2.93. The third-order valence-electron chi connectivity index (χ3n) is 0.882. The van der Waals surface area contributed by atoms with E-state index >= 15 is 0 Å². The van der Waals surface area contributed by atoms with E-state index in [0.717, 1.165) is 0 Å². The van der Waals surface area contributed by atoms with Crippen LogP contribution in [0.4, 0.5) is 4.39 Å². The molecular weight excluding hydrogens is 202 g/mol. The molecule has 10 heavy (non-hydrogen) atoms. The molecule has 0 fully saturated rings. The van der Waals surface area contributed by atoms with Crippen LogP contribution in [-0.4, -0.2) is 0 Å². The van der Waals surface area contributed by atoms with Crippen molar-refractivity contribution in [2.75, 3.05) is 0 Å². The zero-order chi connectivity index (χ0) is 6.85. The summed E-state index contributed by atoms with van der Waals surface area (Å²) in [5.41, 5.74) is 0. The average Bonchev–Trinajstić information content (AvgIpc) is 1.80. The van der Waals surface area contributed by atoms with E-state index in [4.69, 9.17) is 23.2 Å². The van der Waals surface area contributed by atoms with Gasteiger partial charge in [-0.2, -0.15) is 0 Å².